The molecule has 5 heteroatoms. The first kappa shape index (κ1) is 13.3. The number of ether oxygens (including phenoxy) is 1. The van der Waals surface area contributed by atoms with Gasteiger partial charge in [0.15, 0.2) is 0 Å². The molecule has 0 saturated heterocycles. The SMILES string of the molecule is CCOCCN(C)c1cc(N)ccc1C(=O)O. The van der Waals surface area contributed by atoms with E-state index in [1.807, 2.05) is 18.9 Å². The quantitative estimate of drug-likeness (QED) is 0.579. The van der Waals surface area contributed by atoms with Crippen LogP contribution in [-0.2, 0) is 4.74 Å². The average Bonchev–Trinajstić information content (AvgIpc) is 2.28. The Morgan fingerprint density at radius 2 is 2.24 bits per heavy atom. The molecule has 3 N–H and O–H groups in total. The molecular formula is C12H18N2O3. The number of hydrogen-bond acceptors (Lipinski definition) is 4. The molecule has 94 valence electrons. The molecule has 0 aliphatic carbocycles. The van der Waals surface area contributed by atoms with Crippen molar-refractivity contribution in [2.45, 2.75) is 6.92 Å². The second-order valence-corrected chi connectivity index (χ2v) is 3.70. The third kappa shape index (κ3) is 3.64. The van der Waals surface area contributed by atoms with E-state index in [0.717, 1.165) is 0 Å². The van der Waals surface area contributed by atoms with Crippen LogP contribution in [0.1, 0.15) is 17.3 Å². The van der Waals surface area contributed by atoms with Gasteiger partial charge in [0.05, 0.1) is 17.9 Å². The van der Waals surface area contributed by atoms with Crippen LogP contribution in [0, 0.1) is 0 Å². The zero-order valence-corrected chi connectivity index (χ0v) is 10.1. The maximum atomic E-state index is 11.1. The largest absolute Gasteiger partial charge is 0.478 e. The van der Waals surface area contributed by atoms with E-state index in [1.165, 1.54) is 6.07 Å². The van der Waals surface area contributed by atoms with E-state index in [2.05, 4.69) is 0 Å². The highest BCUT2D eigenvalue weighted by Gasteiger charge is 2.13. The summed E-state index contributed by atoms with van der Waals surface area (Å²) in [6, 6.07) is 4.77. The first-order chi connectivity index (χ1) is 8.06. The van der Waals surface area contributed by atoms with Crippen LogP contribution in [0.5, 0.6) is 0 Å². The van der Waals surface area contributed by atoms with Crippen LogP contribution in [0.25, 0.3) is 0 Å². The van der Waals surface area contributed by atoms with Crippen molar-refractivity contribution in [3.05, 3.63) is 23.8 Å². The van der Waals surface area contributed by atoms with Crippen LogP contribution in [-0.4, -0.2) is 37.9 Å². The van der Waals surface area contributed by atoms with Gasteiger partial charge < -0.3 is 20.5 Å². The molecular weight excluding hydrogens is 220 g/mol. The molecule has 0 aliphatic heterocycles. The van der Waals surface area contributed by atoms with Crippen molar-refractivity contribution in [1.82, 2.24) is 0 Å². The lowest BCUT2D eigenvalue weighted by atomic mass is 10.1. The minimum absolute atomic E-state index is 0.248. The van der Waals surface area contributed by atoms with Gasteiger partial charge in [0.2, 0.25) is 0 Å². The van der Waals surface area contributed by atoms with Crippen LogP contribution in [0.3, 0.4) is 0 Å². The molecule has 0 radical (unpaired) electrons. The number of carboxylic acids is 1. The molecule has 0 atom stereocenters. The van der Waals surface area contributed by atoms with E-state index in [9.17, 15) is 4.79 Å². The monoisotopic (exact) mass is 238 g/mol. The molecule has 0 aliphatic rings. The number of carbonyl (C=O) groups is 1. The summed E-state index contributed by atoms with van der Waals surface area (Å²) in [4.78, 5) is 12.9. The zero-order valence-electron chi connectivity index (χ0n) is 10.1. The summed E-state index contributed by atoms with van der Waals surface area (Å²) < 4.78 is 5.24. The Bertz CT molecular complexity index is 393. The Morgan fingerprint density at radius 3 is 2.82 bits per heavy atom. The van der Waals surface area contributed by atoms with Gasteiger partial charge in [0, 0.05) is 25.9 Å². The lowest BCUT2D eigenvalue weighted by Crippen LogP contribution is -2.24. The van der Waals surface area contributed by atoms with Crippen molar-refractivity contribution in [2.75, 3.05) is 37.4 Å². The maximum Gasteiger partial charge on any atom is 0.337 e. The Morgan fingerprint density at radius 1 is 1.53 bits per heavy atom. The van der Waals surface area contributed by atoms with Crippen molar-refractivity contribution < 1.29 is 14.6 Å². The van der Waals surface area contributed by atoms with Crippen molar-refractivity contribution in [3.63, 3.8) is 0 Å². The first-order valence-corrected chi connectivity index (χ1v) is 5.48. The Hall–Kier alpha value is -1.75. The molecule has 0 saturated carbocycles. The van der Waals surface area contributed by atoms with E-state index < -0.39 is 5.97 Å². The van der Waals surface area contributed by atoms with Crippen LogP contribution < -0.4 is 10.6 Å². The summed E-state index contributed by atoms with van der Waals surface area (Å²) in [7, 11) is 1.82. The zero-order chi connectivity index (χ0) is 12.8. The van der Waals surface area contributed by atoms with E-state index >= 15 is 0 Å². The second kappa shape index (κ2) is 6.10. The van der Waals surface area contributed by atoms with Gasteiger partial charge in [-0.05, 0) is 25.1 Å². The van der Waals surface area contributed by atoms with Crippen molar-refractivity contribution in [3.8, 4) is 0 Å². The molecule has 0 bridgehead atoms. The minimum Gasteiger partial charge on any atom is -0.478 e. The number of nitrogens with zero attached hydrogens (tertiary/aromatic N) is 1. The molecule has 0 aromatic heterocycles. The minimum atomic E-state index is -0.955. The number of likely N-dealkylation sites (N-methyl/N-ethyl adjacent to an activating group) is 1. The first-order valence-electron chi connectivity index (χ1n) is 5.48. The maximum absolute atomic E-state index is 11.1. The number of rotatable bonds is 6. The number of benzene rings is 1. The van der Waals surface area contributed by atoms with Crippen molar-refractivity contribution in [1.29, 1.82) is 0 Å². The molecule has 5 nitrogen and oxygen atoms in total. The van der Waals surface area contributed by atoms with Crippen molar-refractivity contribution in [2.24, 2.45) is 0 Å². The van der Waals surface area contributed by atoms with E-state index in [4.69, 9.17) is 15.6 Å². The summed E-state index contributed by atoms with van der Waals surface area (Å²) in [5, 5.41) is 9.08. The fourth-order valence-corrected chi connectivity index (χ4v) is 1.51. The molecule has 0 heterocycles. The number of nitrogen functional groups attached to an aromatic ring is 1. The Balaban J connectivity index is 2.86. The van der Waals surface area contributed by atoms with Gasteiger partial charge in [-0.3, -0.25) is 0 Å². The second-order valence-electron chi connectivity index (χ2n) is 3.70. The summed E-state index contributed by atoms with van der Waals surface area (Å²) in [5.74, 6) is -0.955. The highest BCUT2D eigenvalue weighted by atomic mass is 16.5. The van der Waals surface area contributed by atoms with E-state index in [0.29, 0.717) is 31.1 Å². The van der Waals surface area contributed by atoms with Gasteiger partial charge in [-0.2, -0.15) is 0 Å². The van der Waals surface area contributed by atoms with Crippen LogP contribution >= 0.6 is 0 Å². The molecule has 0 amide bonds. The fraction of sp³-hybridized carbons (Fsp3) is 0.417. The smallest absolute Gasteiger partial charge is 0.337 e. The van der Waals surface area contributed by atoms with E-state index in [1.54, 1.807) is 12.1 Å². The predicted octanol–water partition coefficient (Wildman–Crippen LogP) is 1.44. The Labute approximate surface area is 101 Å². The number of aromatic carboxylic acids is 1. The third-order valence-electron chi connectivity index (χ3n) is 2.44. The molecule has 0 unspecified atom stereocenters. The standard InChI is InChI=1S/C12H18N2O3/c1-3-17-7-6-14(2)11-8-9(13)4-5-10(11)12(15)16/h4-5,8H,3,6-7,13H2,1-2H3,(H,15,16). The summed E-state index contributed by atoms with van der Waals surface area (Å²) in [6.07, 6.45) is 0. The van der Waals surface area contributed by atoms with Gasteiger partial charge in [0.1, 0.15) is 0 Å². The highest BCUT2D eigenvalue weighted by Crippen LogP contribution is 2.22. The summed E-state index contributed by atoms with van der Waals surface area (Å²) in [5.41, 5.74) is 7.08. The number of anilines is 2. The molecule has 1 rings (SSSR count). The molecule has 1 aromatic rings. The number of hydrogen-bond donors (Lipinski definition) is 2. The Kier molecular flexibility index (Phi) is 4.78. The summed E-state index contributed by atoms with van der Waals surface area (Å²) in [6.45, 7) is 3.75. The number of nitrogens with two attached hydrogens (primary N) is 1. The predicted molar refractivity (Wildman–Crippen MR) is 67.6 cm³/mol. The molecule has 17 heavy (non-hydrogen) atoms. The normalized spacial score (nSPS) is 10.2. The van der Waals surface area contributed by atoms with Crippen LogP contribution in [0.4, 0.5) is 11.4 Å². The van der Waals surface area contributed by atoms with Crippen LogP contribution in [0.2, 0.25) is 0 Å². The van der Waals surface area contributed by atoms with Crippen molar-refractivity contribution >= 4 is 17.3 Å². The lowest BCUT2D eigenvalue weighted by molar-refractivity contribution is 0.0697. The van der Waals surface area contributed by atoms with Gasteiger partial charge in [-0.15, -0.1) is 0 Å². The fourth-order valence-electron chi connectivity index (χ4n) is 1.51. The lowest BCUT2D eigenvalue weighted by Gasteiger charge is -2.21. The topological polar surface area (TPSA) is 75.8 Å². The molecule has 0 fully saturated rings. The average molecular weight is 238 g/mol. The molecule has 1 aromatic carbocycles. The van der Waals surface area contributed by atoms with Gasteiger partial charge in [0.25, 0.3) is 0 Å². The number of carboxylic acid groups (broad SMARTS) is 1. The third-order valence-corrected chi connectivity index (χ3v) is 2.44. The van der Waals surface area contributed by atoms with Gasteiger partial charge in [-0.1, -0.05) is 0 Å². The van der Waals surface area contributed by atoms with E-state index in [-0.39, 0.29) is 5.56 Å². The van der Waals surface area contributed by atoms with Crippen LogP contribution in [0.15, 0.2) is 18.2 Å². The van der Waals surface area contributed by atoms with Gasteiger partial charge in [-0.25, -0.2) is 4.79 Å². The summed E-state index contributed by atoms with van der Waals surface area (Å²) >= 11 is 0. The molecule has 0 spiro atoms. The highest BCUT2D eigenvalue weighted by molar-refractivity contribution is 5.95. The van der Waals surface area contributed by atoms with Gasteiger partial charge >= 0.3 is 5.97 Å².